The van der Waals surface area contributed by atoms with E-state index in [1.807, 2.05) is 0 Å². The minimum Gasteiger partial charge on any atom is -0.310 e. The number of rotatable bonds is 6. The fourth-order valence-electron chi connectivity index (χ4n) is 8.76. The lowest BCUT2D eigenvalue weighted by Gasteiger charge is -2.29. The molecular formula is C53H39N. The lowest BCUT2D eigenvalue weighted by molar-refractivity contribution is 0.660. The summed E-state index contributed by atoms with van der Waals surface area (Å²) in [5.74, 6) is 0. The molecule has 0 amide bonds. The summed E-state index contributed by atoms with van der Waals surface area (Å²) in [7, 11) is 0. The molecule has 9 aromatic rings. The summed E-state index contributed by atoms with van der Waals surface area (Å²) in [4.78, 5) is 2.44. The van der Waals surface area contributed by atoms with Crippen molar-refractivity contribution >= 4 is 38.6 Å². The van der Waals surface area contributed by atoms with E-state index in [9.17, 15) is 0 Å². The molecule has 0 saturated heterocycles. The molecule has 0 aromatic heterocycles. The van der Waals surface area contributed by atoms with Crippen LogP contribution in [0.2, 0.25) is 0 Å². The second-order valence-corrected chi connectivity index (χ2v) is 14.9. The minimum absolute atomic E-state index is 0.0812. The fourth-order valence-corrected chi connectivity index (χ4v) is 8.76. The smallest absolute Gasteiger partial charge is 0.0540 e. The van der Waals surface area contributed by atoms with E-state index in [4.69, 9.17) is 0 Å². The summed E-state index contributed by atoms with van der Waals surface area (Å²) in [6, 6.07) is 73.4. The van der Waals surface area contributed by atoms with Crippen molar-refractivity contribution in [3.63, 3.8) is 0 Å². The van der Waals surface area contributed by atoms with Crippen LogP contribution in [0.4, 0.5) is 17.1 Å². The topological polar surface area (TPSA) is 3.24 Å². The molecule has 0 saturated carbocycles. The maximum atomic E-state index is 2.44. The van der Waals surface area contributed by atoms with Crippen molar-refractivity contribution in [1.82, 2.24) is 0 Å². The number of hydrogen-bond donors (Lipinski definition) is 0. The van der Waals surface area contributed by atoms with E-state index in [1.165, 1.54) is 77.2 Å². The molecule has 54 heavy (non-hydrogen) atoms. The van der Waals surface area contributed by atoms with E-state index in [1.54, 1.807) is 0 Å². The van der Waals surface area contributed by atoms with E-state index in [2.05, 4.69) is 219 Å². The Balaban J connectivity index is 1.17. The first kappa shape index (κ1) is 32.0. The number of anilines is 3. The lowest BCUT2D eigenvalue weighted by Crippen LogP contribution is -2.14. The van der Waals surface area contributed by atoms with Crippen LogP contribution in [-0.4, -0.2) is 0 Å². The zero-order chi connectivity index (χ0) is 36.2. The summed E-state index contributed by atoms with van der Waals surface area (Å²) in [5.41, 5.74) is 16.0. The molecule has 0 spiro atoms. The summed E-state index contributed by atoms with van der Waals surface area (Å²) in [6.45, 7) is 4.71. The van der Waals surface area contributed by atoms with Gasteiger partial charge in [0.05, 0.1) is 5.69 Å². The van der Waals surface area contributed by atoms with Crippen LogP contribution in [0.3, 0.4) is 0 Å². The van der Waals surface area contributed by atoms with E-state index in [0.717, 1.165) is 17.1 Å². The maximum absolute atomic E-state index is 2.44. The van der Waals surface area contributed by atoms with Gasteiger partial charge in [-0.25, -0.2) is 0 Å². The van der Waals surface area contributed by atoms with Gasteiger partial charge in [-0.05, 0) is 108 Å². The van der Waals surface area contributed by atoms with Gasteiger partial charge in [0, 0.05) is 22.4 Å². The molecule has 1 heteroatoms. The van der Waals surface area contributed by atoms with Crippen molar-refractivity contribution in [2.75, 3.05) is 4.90 Å². The molecule has 0 heterocycles. The van der Waals surface area contributed by atoms with Crippen LogP contribution < -0.4 is 4.90 Å². The predicted octanol–water partition coefficient (Wildman–Crippen LogP) is 14.8. The van der Waals surface area contributed by atoms with Crippen molar-refractivity contribution in [1.29, 1.82) is 0 Å². The highest BCUT2D eigenvalue weighted by molar-refractivity contribution is 6.00. The van der Waals surface area contributed by atoms with Gasteiger partial charge in [0.2, 0.25) is 0 Å². The van der Waals surface area contributed by atoms with Crippen molar-refractivity contribution in [2.45, 2.75) is 19.3 Å². The minimum atomic E-state index is -0.0812. The highest BCUT2D eigenvalue weighted by Gasteiger charge is 2.37. The fraction of sp³-hybridized carbons (Fsp3) is 0.0566. The summed E-state index contributed by atoms with van der Waals surface area (Å²) >= 11 is 0. The molecule has 9 aromatic carbocycles. The summed E-state index contributed by atoms with van der Waals surface area (Å²) in [6.07, 6.45) is 0. The summed E-state index contributed by atoms with van der Waals surface area (Å²) in [5, 5.41) is 5.01. The third-order valence-corrected chi connectivity index (χ3v) is 11.5. The van der Waals surface area contributed by atoms with Gasteiger partial charge < -0.3 is 4.90 Å². The third kappa shape index (κ3) is 5.24. The first-order chi connectivity index (χ1) is 26.5. The van der Waals surface area contributed by atoms with Crippen molar-refractivity contribution in [3.05, 3.63) is 211 Å². The molecular weight excluding hydrogens is 651 g/mol. The Labute approximate surface area is 317 Å². The van der Waals surface area contributed by atoms with Crippen molar-refractivity contribution in [2.24, 2.45) is 0 Å². The Kier molecular flexibility index (Phi) is 7.56. The zero-order valence-electron chi connectivity index (χ0n) is 30.5. The molecule has 256 valence electrons. The van der Waals surface area contributed by atoms with Crippen LogP contribution in [0.25, 0.3) is 66.1 Å². The van der Waals surface area contributed by atoms with E-state index < -0.39 is 0 Å². The van der Waals surface area contributed by atoms with Gasteiger partial charge in [-0.1, -0.05) is 178 Å². The molecule has 1 aliphatic carbocycles. The van der Waals surface area contributed by atoms with Gasteiger partial charge in [0.25, 0.3) is 0 Å². The number of benzene rings is 9. The molecule has 0 aliphatic heterocycles. The number of fused-ring (bicyclic) bond motifs is 5. The Bertz CT molecular complexity index is 2850. The molecule has 0 N–H and O–H groups in total. The van der Waals surface area contributed by atoms with Crippen LogP contribution >= 0.6 is 0 Å². The monoisotopic (exact) mass is 689 g/mol. The van der Waals surface area contributed by atoms with E-state index in [0.29, 0.717) is 0 Å². The molecule has 0 radical (unpaired) electrons. The largest absolute Gasteiger partial charge is 0.310 e. The SMILES string of the molecule is CC1(C)c2ccccc2-c2c(-c3ccccc3N(c3ccc(-c4cccc5ccccc45)cc3)c3cccc(-c4ccc5ccccc5c4)c3)cccc21. The molecule has 0 unspecified atom stereocenters. The maximum Gasteiger partial charge on any atom is 0.0540 e. The normalized spacial score (nSPS) is 12.8. The van der Waals surface area contributed by atoms with Crippen LogP contribution in [0.5, 0.6) is 0 Å². The first-order valence-electron chi connectivity index (χ1n) is 18.8. The van der Waals surface area contributed by atoms with Crippen molar-refractivity contribution < 1.29 is 0 Å². The van der Waals surface area contributed by atoms with Crippen LogP contribution in [0, 0.1) is 0 Å². The third-order valence-electron chi connectivity index (χ3n) is 11.5. The first-order valence-corrected chi connectivity index (χ1v) is 18.8. The second-order valence-electron chi connectivity index (χ2n) is 14.9. The Morgan fingerprint density at radius 2 is 0.944 bits per heavy atom. The highest BCUT2D eigenvalue weighted by Crippen LogP contribution is 2.53. The Hall–Kier alpha value is -6.70. The van der Waals surface area contributed by atoms with Crippen LogP contribution in [0.15, 0.2) is 200 Å². The number of nitrogens with zero attached hydrogens (tertiary/aromatic N) is 1. The molecule has 0 fully saturated rings. The van der Waals surface area contributed by atoms with E-state index in [-0.39, 0.29) is 5.41 Å². The average molecular weight is 690 g/mol. The van der Waals surface area contributed by atoms with Gasteiger partial charge >= 0.3 is 0 Å². The van der Waals surface area contributed by atoms with Crippen LogP contribution in [-0.2, 0) is 5.41 Å². The standard InChI is InChI=1S/C53H39N/c1-53(2)49-25-9-7-22-48(49)52-47(24-13-26-50(52)53)46-21-8-10-27-51(46)54(42-32-30-38(31-33-42)45-23-12-17-37-15-5-6-20-44(37)45)43-19-11-18-40(35-43)41-29-28-36-14-3-4-16-39(36)34-41/h3-35H,1-2H3. The zero-order valence-corrected chi connectivity index (χ0v) is 30.5. The molecule has 1 aliphatic rings. The molecule has 0 atom stereocenters. The number of hydrogen-bond acceptors (Lipinski definition) is 1. The average Bonchev–Trinajstić information content (AvgIpc) is 3.47. The van der Waals surface area contributed by atoms with Gasteiger partial charge in [-0.15, -0.1) is 0 Å². The quantitative estimate of drug-likeness (QED) is 0.168. The van der Waals surface area contributed by atoms with Crippen LogP contribution in [0.1, 0.15) is 25.0 Å². The van der Waals surface area contributed by atoms with Crippen molar-refractivity contribution in [3.8, 4) is 44.5 Å². The van der Waals surface area contributed by atoms with E-state index >= 15 is 0 Å². The molecule has 1 nitrogen and oxygen atoms in total. The second kappa shape index (κ2) is 12.8. The van der Waals surface area contributed by atoms with Gasteiger partial charge in [-0.3, -0.25) is 0 Å². The molecule has 0 bridgehead atoms. The Morgan fingerprint density at radius 3 is 1.81 bits per heavy atom. The van der Waals surface area contributed by atoms with Gasteiger partial charge in [0.1, 0.15) is 0 Å². The highest BCUT2D eigenvalue weighted by atomic mass is 15.1. The lowest BCUT2D eigenvalue weighted by atomic mass is 9.82. The van der Waals surface area contributed by atoms with Gasteiger partial charge in [0.15, 0.2) is 0 Å². The predicted molar refractivity (Wildman–Crippen MR) is 230 cm³/mol. The Morgan fingerprint density at radius 1 is 0.352 bits per heavy atom. The van der Waals surface area contributed by atoms with Gasteiger partial charge in [-0.2, -0.15) is 0 Å². The summed E-state index contributed by atoms with van der Waals surface area (Å²) < 4.78 is 0. The molecule has 10 rings (SSSR count). The number of para-hydroxylation sites is 1.